The third kappa shape index (κ3) is 3.05. The fourth-order valence-corrected chi connectivity index (χ4v) is 1.81. The Bertz CT molecular complexity index is 616. The van der Waals surface area contributed by atoms with Gasteiger partial charge in [0.25, 0.3) is 0 Å². The molecule has 20 heavy (non-hydrogen) atoms. The number of hydrogen-bond acceptors (Lipinski definition) is 4. The number of carbonyl (C=O) groups is 2. The van der Waals surface area contributed by atoms with Crippen LogP contribution in [0, 0.1) is 6.92 Å². The summed E-state index contributed by atoms with van der Waals surface area (Å²) in [5.41, 5.74) is 0.118. The van der Waals surface area contributed by atoms with Crippen molar-refractivity contribution in [2.45, 2.75) is 20.0 Å². The maximum absolute atomic E-state index is 11.9. The van der Waals surface area contributed by atoms with Gasteiger partial charge in [0.1, 0.15) is 23.6 Å². The Balaban J connectivity index is 2.00. The van der Waals surface area contributed by atoms with Crippen LogP contribution in [0.2, 0.25) is 0 Å². The van der Waals surface area contributed by atoms with Gasteiger partial charge in [-0.25, -0.2) is 4.79 Å². The van der Waals surface area contributed by atoms with Crippen molar-refractivity contribution in [3.8, 4) is 0 Å². The van der Waals surface area contributed by atoms with Crippen LogP contribution in [-0.2, 0) is 17.9 Å². The lowest BCUT2D eigenvalue weighted by molar-refractivity contribution is -0.131. The van der Waals surface area contributed by atoms with E-state index in [1.54, 1.807) is 32.4 Å². The number of rotatable bonds is 5. The Labute approximate surface area is 115 Å². The molecule has 0 saturated heterocycles. The highest BCUT2D eigenvalue weighted by Crippen LogP contribution is 2.16. The third-order valence-corrected chi connectivity index (χ3v) is 2.87. The first-order chi connectivity index (χ1) is 9.47. The second-order valence-corrected chi connectivity index (χ2v) is 4.44. The Morgan fingerprint density at radius 1 is 1.50 bits per heavy atom. The van der Waals surface area contributed by atoms with Crippen molar-refractivity contribution in [2.75, 3.05) is 7.05 Å². The van der Waals surface area contributed by atoms with E-state index in [0.29, 0.717) is 11.5 Å². The molecule has 0 unspecified atom stereocenters. The normalized spacial score (nSPS) is 10.5. The van der Waals surface area contributed by atoms with E-state index in [4.69, 9.17) is 9.52 Å². The predicted octanol–water partition coefficient (Wildman–Crippen LogP) is 1.14. The standard InChI is InChI=1S/C13H15N3O4/c1-9-11(13(18)19)6-10(20-9)7-15(2)12(17)8-16-5-3-4-14-16/h3-6H,7-8H2,1-2H3,(H,18,19). The van der Waals surface area contributed by atoms with Gasteiger partial charge in [0, 0.05) is 19.4 Å². The smallest absolute Gasteiger partial charge is 0.339 e. The number of carboxylic acid groups (broad SMARTS) is 1. The van der Waals surface area contributed by atoms with Crippen molar-refractivity contribution in [3.05, 3.63) is 41.6 Å². The SMILES string of the molecule is Cc1oc(CN(C)C(=O)Cn2cccn2)cc1C(=O)O. The molecule has 0 radical (unpaired) electrons. The van der Waals surface area contributed by atoms with Gasteiger partial charge in [0.2, 0.25) is 5.91 Å². The minimum atomic E-state index is -1.04. The first-order valence-corrected chi connectivity index (χ1v) is 6.01. The summed E-state index contributed by atoms with van der Waals surface area (Å²) in [6, 6.07) is 3.18. The topological polar surface area (TPSA) is 88.6 Å². The lowest BCUT2D eigenvalue weighted by Gasteiger charge is -2.15. The lowest BCUT2D eigenvalue weighted by atomic mass is 10.2. The molecule has 0 aromatic carbocycles. The largest absolute Gasteiger partial charge is 0.478 e. The van der Waals surface area contributed by atoms with Crippen molar-refractivity contribution < 1.29 is 19.1 Å². The maximum Gasteiger partial charge on any atom is 0.339 e. The maximum atomic E-state index is 11.9. The van der Waals surface area contributed by atoms with E-state index in [-0.39, 0.29) is 24.6 Å². The molecule has 2 heterocycles. The summed E-state index contributed by atoms with van der Waals surface area (Å²) in [5, 5.41) is 12.9. The van der Waals surface area contributed by atoms with Gasteiger partial charge in [0.05, 0.1) is 6.54 Å². The third-order valence-electron chi connectivity index (χ3n) is 2.87. The average molecular weight is 277 g/mol. The summed E-state index contributed by atoms with van der Waals surface area (Å²) in [6.07, 6.45) is 3.30. The van der Waals surface area contributed by atoms with Crippen LogP contribution >= 0.6 is 0 Å². The van der Waals surface area contributed by atoms with Crippen LogP contribution in [0.1, 0.15) is 21.9 Å². The molecule has 7 nitrogen and oxygen atoms in total. The van der Waals surface area contributed by atoms with Crippen LogP contribution in [0.3, 0.4) is 0 Å². The molecule has 2 aromatic rings. The molecule has 0 atom stereocenters. The minimum Gasteiger partial charge on any atom is -0.478 e. The lowest BCUT2D eigenvalue weighted by Crippen LogP contribution is -2.29. The fraction of sp³-hybridized carbons (Fsp3) is 0.308. The number of carbonyl (C=O) groups excluding carboxylic acids is 1. The zero-order valence-corrected chi connectivity index (χ0v) is 11.2. The zero-order chi connectivity index (χ0) is 14.7. The molecule has 0 saturated carbocycles. The molecule has 0 aliphatic rings. The first kappa shape index (κ1) is 13.9. The molecule has 0 aliphatic carbocycles. The number of aryl methyl sites for hydroxylation is 1. The monoisotopic (exact) mass is 277 g/mol. The fourth-order valence-electron chi connectivity index (χ4n) is 1.81. The molecule has 2 rings (SSSR count). The van der Waals surface area contributed by atoms with Gasteiger partial charge < -0.3 is 14.4 Å². The number of likely N-dealkylation sites (N-methyl/N-ethyl adjacent to an activating group) is 1. The molecule has 0 aliphatic heterocycles. The molecule has 0 spiro atoms. The van der Waals surface area contributed by atoms with Crippen molar-refractivity contribution >= 4 is 11.9 Å². The zero-order valence-electron chi connectivity index (χ0n) is 11.2. The quantitative estimate of drug-likeness (QED) is 0.885. The van der Waals surface area contributed by atoms with Crippen LogP contribution in [0.15, 0.2) is 28.9 Å². The average Bonchev–Trinajstić information content (AvgIpc) is 2.98. The summed E-state index contributed by atoms with van der Waals surface area (Å²) in [5.74, 6) is -0.403. The van der Waals surface area contributed by atoms with Crippen molar-refractivity contribution in [3.63, 3.8) is 0 Å². The number of amides is 1. The number of aromatic carboxylic acids is 1. The number of aromatic nitrogens is 2. The van der Waals surface area contributed by atoms with Crippen molar-refractivity contribution in [1.82, 2.24) is 14.7 Å². The van der Waals surface area contributed by atoms with E-state index in [9.17, 15) is 9.59 Å². The molecular formula is C13H15N3O4. The first-order valence-electron chi connectivity index (χ1n) is 6.01. The van der Waals surface area contributed by atoms with Gasteiger partial charge in [-0.05, 0) is 19.1 Å². The summed E-state index contributed by atoms with van der Waals surface area (Å²) >= 11 is 0. The molecule has 7 heteroatoms. The van der Waals surface area contributed by atoms with Gasteiger partial charge >= 0.3 is 5.97 Å². The van der Waals surface area contributed by atoms with E-state index in [2.05, 4.69) is 5.10 Å². The Kier molecular flexibility index (Phi) is 3.88. The molecular weight excluding hydrogens is 262 g/mol. The van der Waals surface area contributed by atoms with Gasteiger partial charge in [-0.1, -0.05) is 0 Å². The van der Waals surface area contributed by atoms with Gasteiger partial charge in [-0.2, -0.15) is 5.10 Å². The molecule has 106 valence electrons. The van der Waals surface area contributed by atoms with Gasteiger partial charge in [-0.3, -0.25) is 9.48 Å². The van der Waals surface area contributed by atoms with Gasteiger partial charge in [0.15, 0.2) is 0 Å². The second-order valence-electron chi connectivity index (χ2n) is 4.44. The second kappa shape index (κ2) is 5.60. The van der Waals surface area contributed by atoms with Gasteiger partial charge in [-0.15, -0.1) is 0 Å². The van der Waals surface area contributed by atoms with E-state index in [0.717, 1.165) is 0 Å². The highest BCUT2D eigenvalue weighted by molar-refractivity contribution is 5.88. The Hall–Kier alpha value is -2.57. The summed E-state index contributed by atoms with van der Waals surface area (Å²) in [4.78, 5) is 24.3. The summed E-state index contributed by atoms with van der Waals surface area (Å²) in [6.45, 7) is 1.93. The highest BCUT2D eigenvalue weighted by atomic mass is 16.4. The molecule has 1 amide bonds. The van der Waals surface area contributed by atoms with E-state index in [1.807, 2.05) is 0 Å². The molecule has 0 fully saturated rings. The van der Waals surface area contributed by atoms with E-state index < -0.39 is 5.97 Å². The number of nitrogens with zero attached hydrogens (tertiary/aromatic N) is 3. The molecule has 2 aromatic heterocycles. The number of hydrogen-bond donors (Lipinski definition) is 1. The highest BCUT2D eigenvalue weighted by Gasteiger charge is 2.17. The van der Waals surface area contributed by atoms with E-state index in [1.165, 1.54) is 15.6 Å². The Morgan fingerprint density at radius 2 is 2.25 bits per heavy atom. The van der Waals surface area contributed by atoms with Crippen LogP contribution < -0.4 is 0 Å². The number of furan rings is 1. The predicted molar refractivity (Wildman–Crippen MR) is 69.1 cm³/mol. The van der Waals surface area contributed by atoms with Crippen LogP contribution in [0.25, 0.3) is 0 Å². The Morgan fingerprint density at radius 3 is 2.80 bits per heavy atom. The molecule has 0 bridgehead atoms. The summed E-state index contributed by atoms with van der Waals surface area (Å²) in [7, 11) is 1.63. The van der Waals surface area contributed by atoms with Crippen molar-refractivity contribution in [2.24, 2.45) is 0 Å². The molecule has 1 N–H and O–H groups in total. The summed E-state index contributed by atoms with van der Waals surface area (Å²) < 4.78 is 6.86. The van der Waals surface area contributed by atoms with Crippen LogP contribution in [-0.4, -0.2) is 38.7 Å². The minimum absolute atomic E-state index is 0.118. The van der Waals surface area contributed by atoms with Crippen LogP contribution in [0.4, 0.5) is 0 Å². The van der Waals surface area contributed by atoms with Crippen molar-refractivity contribution in [1.29, 1.82) is 0 Å². The number of carboxylic acids is 1. The van der Waals surface area contributed by atoms with Crippen LogP contribution in [0.5, 0.6) is 0 Å². The van der Waals surface area contributed by atoms with E-state index >= 15 is 0 Å².